The van der Waals surface area contributed by atoms with E-state index in [-0.39, 0.29) is 42.0 Å². The molecule has 1 saturated carbocycles. The first-order valence-corrected chi connectivity index (χ1v) is 11.2. The van der Waals surface area contributed by atoms with Crippen molar-refractivity contribution in [1.29, 1.82) is 5.26 Å². The summed E-state index contributed by atoms with van der Waals surface area (Å²) in [6.07, 6.45) is 2.45. The number of nitrogens with zero attached hydrogens (tertiary/aromatic N) is 4. The Hall–Kier alpha value is -2.96. The minimum atomic E-state index is -0.728. The van der Waals surface area contributed by atoms with Crippen LogP contribution in [0, 0.1) is 17.2 Å². The number of hydrogen-bond donors (Lipinski definition) is 1. The van der Waals surface area contributed by atoms with Gasteiger partial charge in [0.1, 0.15) is 11.8 Å². The molecule has 2 N–H and O–H groups in total. The molecule has 0 aromatic heterocycles. The Bertz CT molecular complexity index is 976. The van der Waals surface area contributed by atoms with Gasteiger partial charge in [0, 0.05) is 25.2 Å². The van der Waals surface area contributed by atoms with Gasteiger partial charge in [0.2, 0.25) is 11.8 Å². The minimum absolute atomic E-state index is 0.0555. The lowest BCUT2D eigenvalue weighted by Gasteiger charge is -2.38. The molecule has 1 aromatic carbocycles. The van der Waals surface area contributed by atoms with E-state index in [1.165, 1.54) is 0 Å². The summed E-state index contributed by atoms with van der Waals surface area (Å²) < 4.78 is 4.84. The number of nitriles is 1. The molecule has 1 unspecified atom stereocenters. The molecule has 9 heteroatoms. The topological polar surface area (TPSA) is 120 Å². The number of piperazine rings is 1. The second-order valence-electron chi connectivity index (χ2n) is 9.36. The van der Waals surface area contributed by atoms with Crippen molar-refractivity contribution in [3.05, 3.63) is 29.8 Å². The van der Waals surface area contributed by atoms with Gasteiger partial charge in [-0.25, -0.2) is 0 Å². The molecule has 168 valence electrons. The van der Waals surface area contributed by atoms with Crippen LogP contribution in [0.4, 0.5) is 0 Å². The second kappa shape index (κ2) is 7.87. The van der Waals surface area contributed by atoms with Crippen LogP contribution in [0.5, 0.6) is 5.75 Å². The number of rotatable bonds is 7. The van der Waals surface area contributed by atoms with Crippen molar-refractivity contribution in [2.45, 2.75) is 62.4 Å². The van der Waals surface area contributed by atoms with Gasteiger partial charge >= 0.3 is 0 Å². The van der Waals surface area contributed by atoms with Gasteiger partial charge in [0.15, 0.2) is 0 Å². The third-order valence-electron chi connectivity index (χ3n) is 7.53. The number of fused-ring (bicyclic) bond motifs is 3. The lowest BCUT2D eigenvalue weighted by molar-refractivity contribution is -0.141. The molecule has 5 rings (SSSR count). The molecule has 7 atom stereocenters. The second-order valence-corrected chi connectivity index (χ2v) is 9.36. The summed E-state index contributed by atoms with van der Waals surface area (Å²) in [6.45, 7) is 3.40. The van der Waals surface area contributed by atoms with Crippen molar-refractivity contribution in [1.82, 2.24) is 14.7 Å². The van der Waals surface area contributed by atoms with Crippen LogP contribution in [0.2, 0.25) is 0 Å². The molecule has 0 spiro atoms. The molecule has 3 aliphatic heterocycles. The maximum Gasteiger partial charge on any atom is 0.298 e. The zero-order chi connectivity index (χ0) is 22.6. The van der Waals surface area contributed by atoms with E-state index in [9.17, 15) is 19.6 Å². The minimum Gasteiger partial charge on any atom is -0.429 e. The highest BCUT2D eigenvalue weighted by Gasteiger charge is 2.56. The maximum absolute atomic E-state index is 13.2. The van der Waals surface area contributed by atoms with Crippen LogP contribution in [-0.4, -0.2) is 76.3 Å². The van der Waals surface area contributed by atoms with E-state index < -0.39 is 6.04 Å². The number of hydrogen-bond acceptors (Lipinski definition) is 7. The summed E-state index contributed by atoms with van der Waals surface area (Å²) in [5.74, 6) is 0.804. The number of ether oxygens (including phenoxy) is 1. The van der Waals surface area contributed by atoms with E-state index in [2.05, 4.69) is 6.07 Å². The van der Waals surface area contributed by atoms with Crippen LogP contribution in [-0.2, 0) is 14.4 Å². The Morgan fingerprint density at radius 2 is 2.06 bits per heavy atom. The molecule has 32 heavy (non-hydrogen) atoms. The quantitative estimate of drug-likeness (QED) is 0.614. The van der Waals surface area contributed by atoms with Crippen LogP contribution in [0.25, 0.3) is 0 Å². The highest BCUT2D eigenvalue weighted by atomic mass is 16.5. The first-order valence-electron chi connectivity index (χ1n) is 11.2. The molecule has 1 aromatic rings. The van der Waals surface area contributed by atoms with E-state index >= 15 is 0 Å². The average Bonchev–Trinajstić information content (AvgIpc) is 3.12. The Balaban J connectivity index is 1.21. The van der Waals surface area contributed by atoms with Crippen LogP contribution in [0.15, 0.2) is 24.3 Å². The molecule has 2 amide bonds. The summed E-state index contributed by atoms with van der Waals surface area (Å²) >= 11 is 0. The number of amides is 2. The summed E-state index contributed by atoms with van der Waals surface area (Å²) in [6, 6.07) is 8.17. The fraction of sp³-hybridized carbons (Fsp3) is 0.565. The number of nitrogens with two attached hydrogens (primary N) is 1. The predicted molar refractivity (Wildman–Crippen MR) is 113 cm³/mol. The highest BCUT2D eigenvalue weighted by Crippen LogP contribution is 2.48. The Morgan fingerprint density at radius 3 is 2.72 bits per heavy atom. The van der Waals surface area contributed by atoms with Crippen molar-refractivity contribution < 1.29 is 19.1 Å². The van der Waals surface area contributed by atoms with E-state index in [0.29, 0.717) is 31.2 Å². The molecule has 1 aliphatic carbocycles. The lowest BCUT2D eigenvalue weighted by atomic mass is 10.1. The van der Waals surface area contributed by atoms with E-state index in [1.807, 2.05) is 28.9 Å². The van der Waals surface area contributed by atoms with E-state index in [0.717, 1.165) is 24.8 Å². The fourth-order valence-corrected chi connectivity index (χ4v) is 5.85. The fourth-order valence-electron chi connectivity index (χ4n) is 5.85. The van der Waals surface area contributed by atoms with Crippen molar-refractivity contribution in [3.8, 4) is 11.8 Å². The van der Waals surface area contributed by atoms with Gasteiger partial charge in [-0.15, -0.1) is 0 Å². The van der Waals surface area contributed by atoms with Gasteiger partial charge in [-0.05, 0) is 49.8 Å². The zero-order valence-electron chi connectivity index (χ0n) is 18.0. The number of likely N-dealkylation sites (tertiary alicyclic amines) is 3. The summed E-state index contributed by atoms with van der Waals surface area (Å²) in [4.78, 5) is 42.2. The van der Waals surface area contributed by atoms with Crippen molar-refractivity contribution in [2.24, 2.45) is 11.7 Å². The highest BCUT2D eigenvalue weighted by molar-refractivity contribution is 5.87. The van der Waals surface area contributed by atoms with Crippen molar-refractivity contribution in [3.63, 3.8) is 0 Å². The normalized spacial score (nSPS) is 32.4. The van der Waals surface area contributed by atoms with Crippen LogP contribution in [0.3, 0.4) is 0 Å². The average molecular weight is 438 g/mol. The van der Waals surface area contributed by atoms with E-state index in [1.54, 1.807) is 17.0 Å². The van der Waals surface area contributed by atoms with Crippen molar-refractivity contribution >= 4 is 18.3 Å². The monoisotopic (exact) mass is 437 g/mol. The number of benzene rings is 1. The molecule has 4 aliphatic rings. The van der Waals surface area contributed by atoms with Gasteiger partial charge in [-0.3, -0.25) is 19.3 Å². The SMILES string of the molecule is C[C@@H](c1ccc(OC=O)cc1)N1C(=O)[C@H]2C[C@@H]1CN2C[C@H](N)C(=O)N1[C@H](C#N)CC2C[C@@H]21. The predicted octanol–water partition coefficient (Wildman–Crippen LogP) is 0.408. The Morgan fingerprint density at radius 1 is 1.31 bits per heavy atom. The molecule has 3 saturated heterocycles. The van der Waals surface area contributed by atoms with Crippen LogP contribution in [0.1, 0.15) is 37.8 Å². The van der Waals surface area contributed by atoms with Gasteiger partial charge in [0.05, 0.1) is 24.2 Å². The van der Waals surface area contributed by atoms with Crippen LogP contribution >= 0.6 is 0 Å². The molecule has 3 heterocycles. The first kappa shape index (κ1) is 20.9. The van der Waals surface area contributed by atoms with Gasteiger partial charge in [-0.2, -0.15) is 5.26 Å². The number of carbonyl (C=O) groups excluding carboxylic acids is 3. The Labute approximate surface area is 186 Å². The van der Waals surface area contributed by atoms with Gasteiger partial charge in [0.25, 0.3) is 6.47 Å². The van der Waals surface area contributed by atoms with Crippen LogP contribution < -0.4 is 10.5 Å². The third kappa shape index (κ3) is 3.34. The number of piperidine rings is 1. The molecular formula is C23H27N5O4. The summed E-state index contributed by atoms with van der Waals surface area (Å²) in [5, 5.41) is 9.36. The summed E-state index contributed by atoms with van der Waals surface area (Å²) in [7, 11) is 0. The number of carbonyl (C=O) groups is 3. The largest absolute Gasteiger partial charge is 0.429 e. The summed E-state index contributed by atoms with van der Waals surface area (Å²) in [5.41, 5.74) is 7.24. The van der Waals surface area contributed by atoms with E-state index in [4.69, 9.17) is 10.5 Å². The standard InChI is InChI=1S/C23H27N5O4/c1-13(14-2-4-18(5-3-14)32-12-29)27-17-8-21(23(27)31)26(10-17)11-19(25)22(30)28-16(9-24)6-15-7-20(15)28/h2-5,12-13,15-17,19-21H,6-8,10-11,25H2,1H3/t13-,15?,16-,17+,19-,20-,21+/m0/s1. The van der Waals surface area contributed by atoms with Gasteiger partial charge in [-0.1, -0.05) is 12.1 Å². The molecule has 0 radical (unpaired) electrons. The molecule has 9 nitrogen and oxygen atoms in total. The third-order valence-corrected chi connectivity index (χ3v) is 7.53. The van der Waals surface area contributed by atoms with Gasteiger partial charge < -0.3 is 20.3 Å². The molecule has 2 bridgehead atoms. The molecular weight excluding hydrogens is 410 g/mol. The Kier molecular flexibility index (Phi) is 5.14. The van der Waals surface area contributed by atoms with Crippen molar-refractivity contribution in [2.75, 3.05) is 13.1 Å². The molecule has 4 fully saturated rings. The lowest BCUT2D eigenvalue weighted by Crippen LogP contribution is -2.57. The zero-order valence-corrected chi connectivity index (χ0v) is 18.0. The first-order chi connectivity index (χ1) is 15.4. The smallest absolute Gasteiger partial charge is 0.298 e. The maximum atomic E-state index is 13.2.